The van der Waals surface area contributed by atoms with Crippen LogP contribution in [0.1, 0.15) is 13.8 Å². The molecular formula is C12H18O3S2. The van der Waals surface area contributed by atoms with Gasteiger partial charge in [0.05, 0.1) is 12.9 Å². The van der Waals surface area contributed by atoms with Gasteiger partial charge in [-0.25, -0.2) is 8.42 Å². The van der Waals surface area contributed by atoms with Crippen molar-refractivity contribution in [2.45, 2.75) is 18.7 Å². The Hall–Kier alpha value is -0.680. The molecule has 0 heterocycles. The highest BCUT2D eigenvalue weighted by Crippen LogP contribution is 2.29. The van der Waals surface area contributed by atoms with E-state index in [-0.39, 0.29) is 16.1 Å². The van der Waals surface area contributed by atoms with Crippen LogP contribution in [0.5, 0.6) is 5.75 Å². The Morgan fingerprint density at radius 2 is 1.88 bits per heavy atom. The monoisotopic (exact) mass is 274 g/mol. The molecule has 1 aromatic rings. The van der Waals surface area contributed by atoms with Gasteiger partial charge in [0.1, 0.15) is 10.6 Å². The van der Waals surface area contributed by atoms with Crippen LogP contribution in [0.2, 0.25) is 0 Å². The van der Waals surface area contributed by atoms with E-state index < -0.39 is 9.84 Å². The minimum atomic E-state index is -3.35. The minimum Gasteiger partial charge on any atom is -0.495 e. The molecule has 0 N–H and O–H groups in total. The molecule has 96 valence electrons. The number of hydrogen-bond donors (Lipinski definition) is 1. The second-order valence-corrected chi connectivity index (χ2v) is 7.01. The van der Waals surface area contributed by atoms with Gasteiger partial charge in [0, 0.05) is 0 Å². The third-order valence-corrected chi connectivity index (χ3v) is 5.44. The fraction of sp³-hybridized carbons (Fsp3) is 0.500. The molecule has 1 aromatic carbocycles. The van der Waals surface area contributed by atoms with Crippen molar-refractivity contribution in [1.29, 1.82) is 0 Å². The normalized spacial score (nSPS) is 12.5. The lowest BCUT2D eigenvalue weighted by atomic mass is 10.0. The Morgan fingerprint density at radius 1 is 1.29 bits per heavy atom. The Balaban J connectivity index is 3.14. The molecular weight excluding hydrogens is 256 g/mol. The molecule has 0 aliphatic carbocycles. The molecule has 1 rings (SSSR count). The number of sulfone groups is 1. The predicted molar refractivity (Wildman–Crippen MR) is 72.7 cm³/mol. The molecule has 0 unspecified atom stereocenters. The zero-order valence-corrected chi connectivity index (χ0v) is 12.0. The number of para-hydroxylation sites is 1. The summed E-state index contributed by atoms with van der Waals surface area (Å²) in [5.74, 6) is 0.966. The summed E-state index contributed by atoms with van der Waals surface area (Å²) >= 11 is 4.18. The second-order valence-electron chi connectivity index (χ2n) is 4.73. The molecule has 0 bridgehead atoms. The van der Waals surface area contributed by atoms with Gasteiger partial charge in [-0.3, -0.25) is 0 Å². The quantitative estimate of drug-likeness (QED) is 0.839. The van der Waals surface area contributed by atoms with E-state index in [1.807, 2.05) is 13.8 Å². The van der Waals surface area contributed by atoms with Crippen LogP contribution in [0, 0.1) is 5.41 Å². The van der Waals surface area contributed by atoms with E-state index in [1.165, 1.54) is 7.11 Å². The van der Waals surface area contributed by atoms with Crippen LogP contribution in [0.3, 0.4) is 0 Å². The van der Waals surface area contributed by atoms with Crippen molar-refractivity contribution in [3.05, 3.63) is 24.3 Å². The number of methoxy groups -OCH3 is 1. The molecule has 3 nitrogen and oxygen atoms in total. The first kappa shape index (κ1) is 14.4. The first-order chi connectivity index (χ1) is 7.82. The summed E-state index contributed by atoms with van der Waals surface area (Å²) in [6, 6.07) is 6.67. The summed E-state index contributed by atoms with van der Waals surface area (Å²) in [5, 5.41) is 0. The third-order valence-electron chi connectivity index (χ3n) is 2.41. The highest BCUT2D eigenvalue weighted by Gasteiger charge is 2.28. The number of ether oxygens (including phenoxy) is 1. The summed E-state index contributed by atoms with van der Waals surface area (Å²) < 4.78 is 29.6. The zero-order chi connectivity index (χ0) is 13.1. The van der Waals surface area contributed by atoms with Gasteiger partial charge in [0.25, 0.3) is 0 Å². The van der Waals surface area contributed by atoms with Gasteiger partial charge in [-0.05, 0) is 23.3 Å². The van der Waals surface area contributed by atoms with Crippen LogP contribution < -0.4 is 4.74 Å². The first-order valence-electron chi connectivity index (χ1n) is 5.29. The SMILES string of the molecule is COc1ccccc1S(=O)(=O)CC(C)(C)CS. The van der Waals surface area contributed by atoms with E-state index in [4.69, 9.17) is 4.74 Å². The van der Waals surface area contributed by atoms with Gasteiger partial charge < -0.3 is 4.74 Å². The van der Waals surface area contributed by atoms with Gasteiger partial charge in [0.15, 0.2) is 9.84 Å². The first-order valence-corrected chi connectivity index (χ1v) is 7.57. The molecule has 0 radical (unpaired) electrons. The van der Waals surface area contributed by atoms with Crippen LogP contribution in [-0.2, 0) is 9.84 Å². The van der Waals surface area contributed by atoms with E-state index in [0.29, 0.717) is 11.5 Å². The molecule has 0 aliphatic heterocycles. The topological polar surface area (TPSA) is 43.4 Å². The van der Waals surface area contributed by atoms with Gasteiger partial charge in [-0.1, -0.05) is 26.0 Å². The minimum absolute atomic E-state index is 0.0594. The van der Waals surface area contributed by atoms with Crippen molar-refractivity contribution in [3.8, 4) is 5.75 Å². The lowest BCUT2D eigenvalue weighted by Gasteiger charge is -2.22. The van der Waals surface area contributed by atoms with Crippen LogP contribution >= 0.6 is 12.6 Å². The largest absolute Gasteiger partial charge is 0.495 e. The van der Waals surface area contributed by atoms with Gasteiger partial charge in [-0.2, -0.15) is 12.6 Å². The van der Waals surface area contributed by atoms with Crippen molar-refractivity contribution in [3.63, 3.8) is 0 Å². The van der Waals surface area contributed by atoms with Crippen molar-refractivity contribution in [2.24, 2.45) is 5.41 Å². The number of benzene rings is 1. The van der Waals surface area contributed by atoms with E-state index >= 15 is 0 Å². The summed E-state index contributed by atoms with van der Waals surface area (Å²) in [6.07, 6.45) is 0. The fourth-order valence-electron chi connectivity index (χ4n) is 1.51. The highest BCUT2D eigenvalue weighted by atomic mass is 32.2. The summed E-state index contributed by atoms with van der Waals surface area (Å²) in [5.41, 5.74) is -0.358. The summed E-state index contributed by atoms with van der Waals surface area (Å²) in [7, 11) is -1.88. The molecule has 17 heavy (non-hydrogen) atoms. The smallest absolute Gasteiger partial charge is 0.182 e. The Labute approximate surface area is 109 Å². The van der Waals surface area contributed by atoms with E-state index in [9.17, 15) is 8.42 Å². The van der Waals surface area contributed by atoms with Crippen LogP contribution in [0.4, 0.5) is 0 Å². The zero-order valence-electron chi connectivity index (χ0n) is 10.3. The second kappa shape index (κ2) is 5.31. The molecule has 0 aromatic heterocycles. The Bertz CT molecular complexity index is 478. The summed E-state index contributed by atoms with van der Waals surface area (Å²) in [6.45, 7) is 3.76. The average Bonchev–Trinajstić information content (AvgIpc) is 2.28. The van der Waals surface area contributed by atoms with Gasteiger partial charge in [0.2, 0.25) is 0 Å². The van der Waals surface area contributed by atoms with E-state index in [2.05, 4.69) is 12.6 Å². The van der Waals surface area contributed by atoms with Gasteiger partial charge >= 0.3 is 0 Å². The van der Waals surface area contributed by atoms with Crippen molar-refractivity contribution < 1.29 is 13.2 Å². The molecule has 0 amide bonds. The fourth-order valence-corrected chi connectivity index (χ4v) is 3.81. The number of rotatable bonds is 5. The molecule has 5 heteroatoms. The van der Waals surface area contributed by atoms with Crippen LogP contribution in [-0.4, -0.2) is 27.0 Å². The van der Waals surface area contributed by atoms with E-state index in [0.717, 1.165) is 0 Å². The lowest BCUT2D eigenvalue weighted by Crippen LogP contribution is -2.26. The maximum Gasteiger partial charge on any atom is 0.182 e. The highest BCUT2D eigenvalue weighted by molar-refractivity contribution is 7.91. The lowest BCUT2D eigenvalue weighted by molar-refractivity contribution is 0.401. The van der Waals surface area contributed by atoms with Crippen molar-refractivity contribution >= 4 is 22.5 Å². The van der Waals surface area contributed by atoms with Crippen molar-refractivity contribution in [1.82, 2.24) is 0 Å². The molecule has 0 aliphatic rings. The predicted octanol–water partition coefficient (Wildman–Crippen LogP) is 2.42. The summed E-state index contributed by atoms with van der Waals surface area (Å²) in [4.78, 5) is 0.248. The molecule has 0 saturated carbocycles. The van der Waals surface area contributed by atoms with Gasteiger partial charge in [-0.15, -0.1) is 0 Å². The molecule has 0 spiro atoms. The molecule has 0 fully saturated rings. The van der Waals surface area contributed by atoms with Crippen LogP contribution in [0.25, 0.3) is 0 Å². The van der Waals surface area contributed by atoms with Crippen LogP contribution in [0.15, 0.2) is 29.2 Å². The third kappa shape index (κ3) is 3.64. The molecule has 0 atom stereocenters. The maximum atomic E-state index is 12.3. The average molecular weight is 274 g/mol. The molecule has 0 saturated heterocycles. The number of thiol groups is 1. The van der Waals surface area contributed by atoms with Crippen molar-refractivity contribution in [2.75, 3.05) is 18.6 Å². The standard InChI is InChI=1S/C12H18O3S2/c1-12(2,8-16)9-17(13,14)11-7-5-4-6-10(11)15-3/h4-7,16H,8-9H2,1-3H3. The Kier molecular flexibility index (Phi) is 4.49. The number of hydrogen-bond acceptors (Lipinski definition) is 4. The maximum absolute atomic E-state index is 12.3. The Morgan fingerprint density at radius 3 is 2.41 bits per heavy atom. The van der Waals surface area contributed by atoms with E-state index in [1.54, 1.807) is 24.3 Å².